The molecule has 0 saturated heterocycles. The summed E-state index contributed by atoms with van der Waals surface area (Å²) in [5.41, 5.74) is 3.22. The van der Waals surface area contributed by atoms with E-state index in [0.717, 1.165) is 12.1 Å². The molecule has 0 aromatic rings. The molecule has 0 aromatic carbocycles. The van der Waals surface area contributed by atoms with Gasteiger partial charge in [0.05, 0.1) is 0 Å². The molecule has 3 heteroatoms. The molecule has 1 N–H and O–H groups in total. The molecule has 0 spiro atoms. The first-order valence-corrected chi connectivity index (χ1v) is 3.39. The van der Waals surface area contributed by atoms with Gasteiger partial charge < -0.3 is 0 Å². The van der Waals surface area contributed by atoms with Crippen LogP contribution in [0.3, 0.4) is 0 Å². The van der Waals surface area contributed by atoms with E-state index in [2.05, 4.69) is 24.4 Å². The van der Waals surface area contributed by atoms with Gasteiger partial charge in [-0.3, -0.25) is 4.79 Å². The Bertz CT molecular complexity index is 130. The molecule has 0 aliphatic rings. The van der Waals surface area contributed by atoms with E-state index in [1.807, 2.05) is 6.92 Å². The fourth-order valence-corrected chi connectivity index (χ4v) is 0.773. The second-order valence-electron chi connectivity index (χ2n) is 2.69. The Morgan fingerprint density at radius 3 is 2.70 bits per heavy atom. The summed E-state index contributed by atoms with van der Waals surface area (Å²) < 4.78 is 0. The quantitative estimate of drug-likeness (QED) is 0.357. The topological polar surface area (TPSA) is 41.5 Å². The van der Waals surface area contributed by atoms with Crippen LogP contribution in [0.4, 0.5) is 0 Å². The highest BCUT2D eigenvalue weighted by atomic mass is 16.1. The van der Waals surface area contributed by atoms with Crippen molar-refractivity contribution < 1.29 is 4.79 Å². The van der Waals surface area contributed by atoms with Gasteiger partial charge in [-0.2, -0.15) is 5.10 Å². The SMILES string of the molecule is C/C(CC(C)C)=N\NC=O. The van der Waals surface area contributed by atoms with E-state index < -0.39 is 0 Å². The van der Waals surface area contributed by atoms with Crippen LogP contribution in [-0.2, 0) is 4.79 Å². The van der Waals surface area contributed by atoms with Gasteiger partial charge in [0, 0.05) is 5.71 Å². The zero-order chi connectivity index (χ0) is 7.98. The van der Waals surface area contributed by atoms with Gasteiger partial charge in [-0.05, 0) is 19.3 Å². The van der Waals surface area contributed by atoms with Crippen LogP contribution in [0.2, 0.25) is 0 Å². The summed E-state index contributed by atoms with van der Waals surface area (Å²) >= 11 is 0. The summed E-state index contributed by atoms with van der Waals surface area (Å²) in [6.45, 7) is 6.12. The third-order valence-corrected chi connectivity index (χ3v) is 1.01. The minimum Gasteiger partial charge on any atom is -0.277 e. The Morgan fingerprint density at radius 1 is 1.70 bits per heavy atom. The maximum Gasteiger partial charge on any atom is 0.227 e. The fraction of sp³-hybridized carbons (Fsp3) is 0.714. The molecule has 0 rings (SSSR count). The van der Waals surface area contributed by atoms with Crippen molar-refractivity contribution >= 4 is 12.1 Å². The smallest absolute Gasteiger partial charge is 0.227 e. The Hall–Kier alpha value is -0.860. The summed E-state index contributed by atoms with van der Waals surface area (Å²) in [5.74, 6) is 0.595. The Balaban J connectivity index is 3.59. The van der Waals surface area contributed by atoms with Crippen LogP contribution >= 0.6 is 0 Å². The van der Waals surface area contributed by atoms with Crippen LogP contribution in [0.25, 0.3) is 0 Å². The molecular weight excluding hydrogens is 128 g/mol. The summed E-state index contributed by atoms with van der Waals surface area (Å²) in [4.78, 5) is 9.78. The number of rotatable bonds is 4. The summed E-state index contributed by atoms with van der Waals surface area (Å²) in [5, 5.41) is 3.78. The monoisotopic (exact) mass is 142 g/mol. The first kappa shape index (κ1) is 9.14. The molecular formula is C7H14N2O. The van der Waals surface area contributed by atoms with Crippen LogP contribution in [0, 0.1) is 5.92 Å². The first-order chi connectivity index (χ1) is 4.66. The van der Waals surface area contributed by atoms with Gasteiger partial charge in [0.15, 0.2) is 0 Å². The van der Waals surface area contributed by atoms with Gasteiger partial charge in [-0.1, -0.05) is 13.8 Å². The van der Waals surface area contributed by atoms with Crippen LogP contribution in [-0.4, -0.2) is 12.1 Å². The Labute approximate surface area is 61.5 Å². The molecule has 0 fully saturated rings. The van der Waals surface area contributed by atoms with E-state index in [1.54, 1.807) is 0 Å². The number of hydrogen-bond acceptors (Lipinski definition) is 2. The van der Waals surface area contributed by atoms with Gasteiger partial charge in [0.25, 0.3) is 0 Å². The molecule has 10 heavy (non-hydrogen) atoms. The lowest BCUT2D eigenvalue weighted by molar-refractivity contribution is -0.109. The van der Waals surface area contributed by atoms with Crippen LogP contribution in [0.15, 0.2) is 5.10 Å². The van der Waals surface area contributed by atoms with Crippen molar-refractivity contribution in [3.63, 3.8) is 0 Å². The standard InChI is InChI=1S/C7H14N2O/c1-6(2)4-7(3)9-8-5-10/h5-6H,4H2,1-3H3,(H,8,10)/b9-7+. The van der Waals surface area contributed by atoms with E-state index in [9.17, 15) is 4.79 Å². The van der Waals surface area contributed by atoms with Gasteiger partial charge >= 0.3 is 0 Å². The molecule has 3 nitrogen and oxygen atoms in total. The third-order valence-electron chi connectivity index (χ3n) is 1.01. The maximum absolute atomic E-state index is 9.78. The Morgan fingerprint density at radius 2 is 2.30 bits per heavy atom. The fourth-order valence-electron chi connectivity index (χ4n) is 0.773. The van der Waals surface area contributed by atoms with Gasteiger partial charge in [0.1, 0.15) is 0 Å². The van der Waals surface area contributed by atoms with E-state index in [0.29, 0.717) is 12.3 Å². The highest BCUT2D eigenvalue weighted by Gasteiger charge is 1.95. The normalized spacial score (nSPS) is 11.8. The number of amides is 1. The molecule has 0 bridgehead atoms. The highest BCUT2D eigenvalue weighted by Crippen LogP contribution is 1.99. The van der Waals surface area contributed by atoms with Crippen LogP contribution in [0.5, 0.6) is 0 Å². The number of carbonyl (C=O) groups excluding carboxylic acids is 1. The summed E-state index contributed by atoms with van der Waals surface area (Å²) in [7, 11) is 0. The molecule has 0 aliphatic carbocycles. The zero-order valence-electron chi connectivity index (χ0n) is 6.72. The largest absolute Gasteiger partial charge is 0.277 e. The van der Waals surface area contributed by atoms with Crippen molar-refractivity contribution in [2.45, 2.75) is 27.2 Å². The highest BCUT2D eigenvalue weighted by molar-refractivity contribution is 5.82. The number of hydrazone groups is 1. The molecule has 0 saturated carbocycles. The number of hydrogen-bond donors (Lipinski definition) is 1. The molecule has 0 radical (unpaired) electrons. The molecule has 0 atom stereocenters. The second kappa shape index (κ2) is 4.97. The maximum atomic E-state index is 9.78. The molecule has 1 amide bonds. The Kier molecular flexibility index (Phi) is 4.54. The number of nitrogens with zero attached hydrogens (tertiary/aromatic N) is 1. The molecule has 0 aromatic heterocycles. The molecule has 0 aliphatic heterocycles. The number of nitrogens with one attached hydrogen (secondary N) is 1. The lowest BCUT2D eigenvalue weighted by Gasteiger charge is -2.01. The van der Waals surface area contributed by atoms with Crippen molar-refractivity contribution in [3.05, 3.63) is 0 Å². The van der Waals surface area contributed by atoms with E-state index in [1.165, 1.54) is 0 Å². The minimum atomic E-state index is 0.573. The average molecular weight is 142 g/mol. The number of carbonyl (C=O) groups is 1. The molecule has 0 unspecified atom stereocenters. The van der Waals surface area contributed by atoms with Gasteiger partial charge in [0.2, 0.25) is 6.41 Å². The summed E-state index contributed by atoms with van der Waals surface area (Å²) in [6.07, 6.45) is 1.50. The van der Waals surface area contributed by atoms with Crippen molar-refractivity contribution in [3.8, 4) is 0 Å². The van der Waals surface area contributed by atoms with E-state index in [4.69, 9.17) is 0 Å². The lowest BCUT2D eigenvalue weighted by atomic mass is 10.1. The lowest BCUT2D eigenvalue weighted by Crippen LogP contribution is -2.07. The van der Waals surface area contributed by atoms with Gasteiger partial charge in [-0.25, -0.2) is 5.43 Å². The zero-order valence-corrected chi connectivity index (χ0v) is 6.72. The van der Waals surface area contributed by atoms with Gasteiger partial charge in [-0.15, -0.1) is 0 Å². The predicted molar refractivity (Wildman–Crippen MR) is 41.8 cm³/mol. The van der Waals surface area contributed by atoms with Crippen LogP contribution < -0.4 is 5.43 Å². The molecule has 0 heterocycles. The molecule has 58 valence electrons. The summed E-state index contributed by atoms with van der Waals surface area (Å²) in [6, 6.07) is 0. The third kappa shape index (κ3) is 5.28. The minimum absolute atomic E-state index is 0.573. The average Bonchev–Trinajstić information content (AvgIpc) is 1.82. The van der Waals surface area contributed by atoms with Crippen LogP contribution in [0.1, 0.15) is 27.2 Å². The van der Waals surface area contributed by atoms with Crippen molar-refractivity contribution in [1.82, 2.24) is 5.43 Å². The van der Waals surface area contributed by atoms with E-state index in [-0.39, 0.29) is 0 Å². The van der Waals surface area contributed by atoms with E-state index >= 15 is 0 Å². The van der Waals surface area contributed by atoms with Crippen molar-refractivity contribution in [2.24, 2.45) is 11.0 Å². The predicted octanol–water partition coefficient (Wildman–Crippen LogP) is 1.15. The first-order valence-electron chi connectivity index (χ1n) is 3.39. The second-order valence-corrected chi connectivity index (χ2v) is 2.69. The van der Waals surface area contributed by atoms with Crippen molar-refractivity contribution in [1.29, 1.82) is 0 Å². The van der Waals surface area contributed by atoms with Crippen molar-refractivity contribution in [2.75, 3.05) is 0 Å².